The molecule has 0 aromatic carbocycles. The molecule has 4 heterocycles. The van der Waals surface area contributed by atoms with Crippen molar-refractivity contribution in [1.82, 2.24) is 30.4 Å². The molecule has 12 heteroatoms. The predicted molar refractivity (Wildman–Crippen MR) is 129 cm³/mol. The van der Waals surface area contributed by atoms with Crippen LogP contribution < -0.4 is 5.32 Å². The molecule has 3 aromatic heterocycles. The minimum atomic E-state index is -0.878. The summed E-state index contributed by atoms with van der Waals surface area (Å²) in [4.78, 5) is 35.8. The van der Waals surface area contributed by atoms with Crippen LogP contribution in [0.25, 0.3) is 11.3 Å². The molecule has 2 aliphatic rings. The number of H-pyrrole nitrogens is 1. The first-order chi connectivity index (χ1) is 17.7. The molecule has 1 unspecified atom stereocenters. The summed E-state index contributed by atoms with van der Waals surface area (Å²) in [5, 5.41) is 19.6. The Morgan fingerprint density at radius 3 is 2.76 bits per heavy atom. The summed E-state index contributed by atoms with van der Waals surface area (Å²) in [5.41, 5.74) is 0.853. The molecule has 1 aliphatic heterocycles. The zero-order valence-electron chi connectivity index (χ0n) is 20.0. The van der Waals surface area contributed by atoms with Crippen LogP contribution in [-0.4, -0.2) is 54.1 Å². The number of piperidine rings is 1. The third-order valence-electron chi connectivity index (χ3n) is 7.05. The lowest BCUT2D eigenvalue weighted by atomic mass is 9.88. The number of hydrogen-bond acceptors (Lipinski definition) is 6. The molecule has 1 saturated heterocycles. The summed E-state index contributed by atoms with van der Waals surface area (Å²) in [7, 11) is 0. The van der Waals surface area contributed by atoms with Gasteiger partial charge in [0.2, 0.25) is 5.91 Å². The predicted octanol–water partition coefficient (Wildman–Crippen LogP) is 3.55. The maximum atomic E-state index is 14.4. The summed E-state index contributed by atoms with van der Waals surface area (Å²) in [6, 6.07) is 4.04. The van der Waals surface area contributed by atoms with Gasteiger partial charge in [0, 0.05) is 23.6 Å². The number of hydrogen-bond donors (Lipinski definition) is 3. The number of nitrogens with one attached hydrogen (secondary N) is 2. The number of aliphatic hydroxyl groups excluding tert-OH is 1. The Kier molecular flexibility index (Phi) is 6.67. The summed E-state index contributed by atoms with van der Waals surface area (Å²) in [6.07, 6.45) is 3.75. The molecule has 0 radical (unpaired) electrons. The van der Waals surface area contributed by atoms with Gasteiger partial charge in [-0.3, -0.25) is 24.7 Å². The lowest BCUT2D eigenvalue weighted by molar-refractivity contribution is -0.127. The highest BCUT2D eigenvalue weighted by Crippen LogP contribution is 2.50. The number of aliphatic hydroxyl groups is 1. The molecule has 2 fully saturated rings. The number of nitrogens with zero attached hydrogens (tertiary/aromatic N) is 4. The van der Waals surface area contributed by atoms with Crippen molar-refractivity contribution in [1.29, 1.82) is 0 Å². The molecule has 2 atom stereocenters. The molecule has 194 valence electrons. The van der Waals surface area contributed by atoms with Gasteiger partial charge in [-0.1, -0.05) is 11.6 Å². The summed E-state index contributed by atoms with van der Waals surface area (Å²) >= 11 is 6.00. The number of halogens is 3. The van der Waals surface area contributed by atoms with E-state index in [2.05, 4.69) is 25.5 Å². The fourth-order valence-corrected chi connectivity index (χ4v) is 5.05. The van der Waals surface area contributed by atoms with Crippen LogP contribution in [0.5, 0.6) is 0 Å². The van der Waals surface area contributed by atoms with Crippen LogP contribution in [0.4, 0.5) is 8.78 Å². The number of likely N-dealkylation sites (tertiary alicyclic amines) is 1. The van der Waals surface area contributed by atoms with Crippen molar-refractivity contribution in [3.8, 4) is 11.3 Å². The number of carbonyl (C=O) groups excluding carboxylic acids is 2. The minimum Gasteiger partial charge on any atom is -0.387 e. The highest BCUT2D eigenvalue weighted by atomic mass is 35.5. The average molecular weight is 531 g/mol. The zero-order valence-corrected chi connectivity index (χ0v) is 20.7. The van der Waals surface area contributed by atoms with Gasteiger partial charge in [0.1, 0.15) is 11.5 Å². The second-order valence-electron chi connectivity index (χ2n) is 9.60. The lowest BCUT2D eigenvalue weighted by Crippen LogP contribution is -2.50. The number of aromatic amines is 1. The van der Waals surface area contributed by atoms with E-state index in [9.17, 15) is 23.5 Å². The van der Waals surface area contributed by atoms with E-state index in [4.69, 9.17) is 11.6 Å². The Morgan fingerprint density at radius 2 is 2.05 bits per heavy atom. The second-order valence-corrected chi connectivity index (χ2v) is 10.0. The largest absolute Gasteiger partial charge is 0.387 e. The maximum Gasteiger partial charge on any atom is 0.272 e. The summed E-state index contributed by atoms with van der Waals surface area (Å²) < 4.78 is 27.6. The van der Waals surface area contributed by atoms with Gasteiger partial charge in [-0.05, 0) is 50.8 Å². The van der Waals surface area contributed by atoms with E-state index in [0.717, 1.165) is 31.3 Å². The molecule has 37 heavy (non-hydrogen) atoms. The fourth-order valence-electron chi connectivity index (χ4n) is 4.83. The van der Waals surface area contributed by atoms with Gasteiger partial charge < -0.3 is 15.3 Å². The van der Waals surface area contributed by atoms with Crippen LogP contribution in [0.1, 0.15) is 60.6 Å². The highest BCUT2D eigenvalue weighted by molar-refractivity contribution is 6.31. The average Bonchev–Trinajstić information content (AvgIpc) is 3.44. The van der Waals surface area contributed by atoms with Gasteiger partial charge in [0.15, 0.2) is 5.82 Å². The monoisotopic (exact) mass is 530 g/mol. The van der Waals surface area contributed by atoms with Crippen molar-refractivity contribution in [2.75, 3.05) is 6.54 Å². The molecule has 5 rings (SSSR count). The third-order valence-corrected chi connectivity index (χ3v) is 7.37. The highest BCUT2D eigenvalue weighted by Gasteiger charge is 2.54. The SMILES string of the molecule is CC(O)c1cc(-c2cc(C(=O)N3CC[C@H](C(=O)NCc4ncc(F)cc4Cl)CC34CC4)[nH]n2)c(F)cn1. The normalized spacial score (nSPS) is 19.1. The first kappa shape index (κ1) is 25.2. The van der Waals surface area contributed by atoms with Gasteiger partial charge in [-0.2, -0.15) is 5.10 Å². The van der Waals surface area contributed by atoms with E-state index >= 15 is 0 Å². The molecule has 1 aliphatic carbocycles. The molecule has 1 spiro atoms. The first-order valence-electron chi connectivity index (χ1n) is 12.0. The Bertz CT molecular complexity index is 1360. The van der Waals surface area contributed by atoms with Crippen molar-refractivity contribution < 1.29 is 23.5 Å². The maximum absolute atomic E-state index is 14.4. The van der Waals surface area contributed by atoms with Gasteiger partial charge in [0.05, 0.1) is 47.1 Å². The summed E-state index contributed by atoms with van der Waals surface area (Å²) in [6.45, 7) is 2.00. The zero-order chi connectivity index (χ0) is 26.3. The second kappa shape index (κ2) is 9.79. The van der Waals surface area contributed by atoms with Gasteiger partial charge >= 0.3 is 0 Å². The lowest BCUT2D eigenvalue weighted by Gasteiger charge is -2.39. The quantitative estimate of drug-likeness (QED) is 0.448. The van der Waals surface area contributed by atoms with Gasteiger partial charge in [-0.25, -0.2) is 8.78 Å². The van der Waals surface area contributed by atoms with Crippen LogP contribution in [0.3, 0.4) is 0 Å². The van der Waals surface area contributed by atoms with Crippen molar-refractivity contribution in [3.63, 3.8) is 0 Å². The third kappa shape index (κ3) is 5.05. The van der Waals surface area contributed by atoms with Crippen LogP contribution in [0.15, 0.2) is 30.6 Å². The van der Waals surface area contributed by atoms with Crippen LogP contribution in [0, 0.1) is 17.6 Å². The Hall–Kier alpha value is -3.44. The van der Waals surface area contributed by atoms with E-state index in [1.165, 1.54) is 19.1 Å². The van der Waals surface area contributed by atoms with Crippen LogP contribution in [-0.2, 0) is 11.3 Å². The Labute approximate surface area is 216 Å². The van der Waals surface area contributed by atoms with Crippen molar-refractivity contribution in [3.05, 3.63) is 64.3 Å². The number of carbonyl (C=O) groups is 2. The molecule has 0 bridgehead atoms. The number of pyridine rings is 2. The molecule has 1 saturated carbocycles. The minimum absolute atomic E-state index is 0.0867. The van der Waals surface area contributed by atoms with Gasteiger partial charge in [0.25, 0.3) is 5.91 Å². The Balaban J connectivity index is 1.25. The van der Waals surface area contributed by atoms with E-state index in [1.807, 2.05) is 0 Å². The number of rotatable bonds is 6. The van der Waals surface area contributed by atoms with Crippen molar-refractivity contribution in [2.45, 2.75) is 50.8 Å². The standard InChI is InChI=1S/C25H25ClF2N6O3/c1-13(35)19-7-16(18(28)11-30-19)20-8-21(33-32-20)24(37)34-5-2-14(9-25(34)3-4-25)23(36)31-12-22-17(26)6-15(27)10-29-22/h6-8,10-11,13-14,35H,2-5,9,12H2,1H3,(H,31,36)(H,32,33)/t13?,14-/m0/s1. The van der Waals surface area contributed by atoms with Crippen molar-refractivity contribution >= 4 is 23.4 Å². The molecule has 3 aromatic rings. The smallest absolute Gasteiger partial charge is 0.272 e. The van der Waals surface area contributed by atoms with E-state index < -0.39 is 23.3 Å². The van der Waals surface area contributed by atoms with E-state index in [1.54, 1.807) is 4.90 Å². The molecule has 3 N–H and O–H groups in total. The topological polar surface area (TPSA) is 124 Å². The first-order valence-corrected chi connectivity index (χ1v) is 12.3. The molecule has 2 amide bonds. The molecular weight excluding hydrogens is 506 g/mol. The van der Waals surface area contributed by atoms with Crippen molar-refractivity contribution in [2.24, 2.45) is 5.92 Å². The van der Waals surface area contributed by atoms with Crippen LogP contribution >= 0.6 is 11.6 Å². The van der Waals surface area contributed by atoms with E-state index in [-0.39, 0.29) is 46.3 Å². The Morgan fingerprint density at radius 1 is 1.27 bits per heavy atom. The molecular formula is C25H25ClF2N6O3. The molecule has 9 nitrogen and oxygen atoms in total. The fraction of sp³-hybridized carbons (Fsp3) is 0.400. The van der Waals surface area contributed by atoms with Gasteiger partial charge in [-0.15, -0.1) is 0 Å². The van der Waals surface area contributed by atoms with Crippen LogP contribution in [0.2, 0.25) is 5.02 Å². The van der Waals surface area contributed by atoms with E-state index in [0.29, 0.717) is 30.8 Å². The number of amides is 2. The number of aromatic nitrogens is 4. The summed E-state index contributed by atoms with van der Waals surface area (Å²) in [5.74, 6) is -1.87.